The average molecular weight is 400 g/mol. The van der Waals surface area contributed by atoms with Gasteiger partial charge < -0.3 is 9.42 Å². The highest BCUT2D eigenvalue weighted by Crippen LogP contribution is 2.34. The molecule has 0 amide bonds. The zero-order valence-corrected chi connectivity index (χ0v) is 14.8. The van der Waals surface area contributed by atoms with Crippen molar-refractivity contribution in [2.45, 2.75) is 11.9 Å². The first-order valence-corrected chi connectivity index (χ1v) is 9.55. The molecule has 1 aromatic carbocycles. The largest absolute Gasteiger partial charge is 0.417 e. The van der Waals surface area contributed by atoms with Gasteiger partial charge in [0.2, 0.25) is 10.0 Å². The lowest BCUT2D eigenvalue weighted by molar-refractivity contribution is -0.137. The Morgan fingerprint density at radius 2 is 1.89 bits per heavy atom. The number of hydrogen-bond acceptors (Lipinski definition) is 6. The van der Waals surface area contributed by atoms with Crippen LogP contribution in [0.25, 0.3) is 0 Å². The maximum atomic E-state index is 13.1. The fourth-order valence-corrected chi connectivity index (χ4v) is 4.30. The molecule has 0 unspecified atom stereocenters. The Kier molecular flexibility index (Phi) is 5.12. The number of piperazine rings is 1. The maximum absolute atomic E-state index is 13.1. The van der Waals surface area contributed by atoms with Gasteiger partial charge in [0, 0.05) is 37.9 Å². The number of anilines is 1. The summed E-state index contributed by atoms with van der Waals surface area (Å²) in [5.41, 5.74) is -0.849. The number of benzene rings is 1. The smallest absolute Gasteiger partial charge is 0.369 e. The second-order valence-electron chi connectivity index (χ2n) is 5.97. The van der Waals surface area contributed by atoms with E-state index in [1.807, 2.05) is 0 Å². The lowest BCUT2D eigenvalue weighted by Gasteiger charge is -2.35. The molecule has 0 bridgehead atoms. The molecule has 0 aliphatic carbocycles. The summed E-state index contributed by atoms with van der Waals surface area (Å²) in [5, 5.41) is 12.4. The van der Waals surface area contributed by atoms with E-state index >= 15 is 0 Å². The summed E-state index contributed by atoms with van der Waals surface area (Å²) >= 11 is 0. The quantitative estimate of drug-likeness (QED) is 0.782. The van der Waals surface area contributed by atoms with Crippen molar-refractivity contribution in [3.8, 4) is 6.07 Å². The lowest BCUT2D eigenvalue weighted by atomic mass is 10.1. The summed E-state index contributed by atoms with van der Waals surface area (Å²) in [6.07, 6.45) is -3.35. The van der Waals surface area contributed by atoms with Gasteiger partial charge in [-0.15, -0.1) is 0 Å². The highest BCUT2D eigenvalue weighted by atomic mass is 32.2. The molecule has 1 aromatic heterocycles. The first-order valence-electron chi connectivity index (χ1n) is 7.94. The third-order valence-electron chi connectivity index (χ3n) is 4.25. The molecule has 144 valence electrons. The molecule has 11 heteroatoms. The molecular formula is C16H15F3N4O3S. The van der Waals surface area contributed by atoms with Crippen LogP contribution in [0.15, 0.2) is 35.1 Å². The van der Waals surface area contributed by atoms with Crippen molar-refractivity contribution in [1.82, 2.24) is 9.46 Å². The van der Waals surface area contributed by atoms with Gasteiger partial charge in [0.1, 0.15) is 12.0 Å². The summed E-state index contributed by atoms with van der Waals surface area (Å²) in [6, 6.07) is 6.50. The molecule has 2 heterocycles. The van der Waals surface area contributed by atoms with Crippen LogP contribution in [0.5, 0.6) is 0 Å². The molecule has 0 N–H and O–H groups in total. The third kappa shape index (κ3) is 4.23. The summed E-state index contributed by atoms with van der Waals surface area (Å²) in [7, 11) is -3.59. The first kappa shape index (κ1) is 19.2. The van der Waals surface area contributed by atoms with Gasteiger partial charge in [-0.05, 0) is 18.2 Å². The fourth-order valence-electron chi connectivity index (χ4n) is 2.88. The van der Waals surface area contributed by atoms with Gasteiger partial charge in [0.05, 0.1) is 22.9 Å². The van der Waals surface area contributed by atoms with Gasteiger partial charge in [0.25, 0.3) is 0 Å². The van der Waals surface area contributed by atoms with Crippen molar-refractivity contribution in [3.63, 3.8) is 0 Å². The van der Waals surface area contributed by atoms with Crippen LogP contribution in [0.2, 0.25) is 0 Å². The number of nitriles is 1. The molecule has 1 saturated heterocycles. The third-order valence-corrected chi connectivity index (χ3v) is 6.06. The summed E-state index contributed by atoms with van der Waals surface area (Å²) in [4.78, 5) is 1.67. The van der Waals surface area contributed by atoms with Crippen LogP contribution in [0.4, 0.5) is 18.9 Å². The second-order valence-corrected chi connectivity index (χ2v) is 7.94. The van der Waals surface area contributed by atoms with Gasteiger partial charge in [-0.3, -0.25) is 0 Å². The minimum Gasteiger partial charge on any atom is -0.369 e. The Bertz CT molecular complexity index is 944. The Labute approximate surface area is 153 Å². The Balaban J connectivity index is 1.72. The summed E-state index contributed by atoms with van der Waals surface area (Å²) in [6.45, 7) is 0.756. The van der Waals surface area contributed by atoms with Crippen LogP contribution in [0.3, 0.4) is 0 Å². The molecule has 1 fully saturated rings. The van der Waals surface area contributed by atoms with Crippen LogP contribution in [0.1, 0.15) is 16.8 Å². The monoisotopic (exact) mass is 400 g/mol. The van der Waals surface area contributed by atoms with Gasteiger partial charge in [-0.1, -0.05) is 5.16 Å². The van der Waals surface area contributed by atoms with Crippen molar-refractivity contribution >= 4 is 15.7 Å². The molecule has 3 rings (SSSR count). The molecule has 0 saturated carbocycles. The van der Waals surface area contributed by atoms with E-state index in [0.717, 1.165) is 12.1 Å². The minimum atomic E-state index is -4.64. The molecule has 1 aliphatic heterocycles. The van der Waals surface area contributed by atoms with Gasteiger partial charge in [-0.2, -0.15) is 22.7 Å². The minimum absolute atomic E-state index is 0.140. The zero-order valence-electron chi connectivity index (χ0n) is 14.0. The topological polar surface area (TPSA) is 90.4 Å². The van der Waals surface area contributed by atoms with Crippen LogP contribution < -0.4 is 4.90 Å². The van der Waals surface area contributed by atoms with E-state index in [1.54, 1.807) is 11.0 Å². The molecule has 1 aliphatic rings. The number of aromatic nitrogens is 1. The van der Waals surface area contributed by atoms with Crippen LogP contribution in [0, 0.1) is 11.3 Å². The van der Waals surface area contributed by atoms with E-state index in [4.69, 9.17) is 5.26 Å². The van der Waals surface area contributed by atoms with Crippen LogP contribution >= 0.6 is 0 Å². The zero-order chi connectivity index (χ0) is 19.7. The normalized spacial score (nSPS) is 16.3. The Morgan fingerprint density at radius 1 is 1.19 bits per heavy atom. The number of hydrogen-bond donors (Lipinski definition) is 0. The molecule has 0 radical (unpaired) electrons. The molecule has 0 spiro atoms. The molecule has 2 aromatic rings. The molecule has 7 nitrogen and oxygen atoms in total. The van der Waals surface area contributed by atoms with Crippen LogP contribution in [-0.2, 0) is 22.0 Å². The molecular weight excluding hydrogens is 385 g/mol. The standard InChI is InChI=1S/C16H15F3N4O3S/c17-16(18,19)15-9-14(2-1-12(15)10-20)22-4-6-23(7-5-22)27(24,25)11-13-3-8-26-21-13/h1-3,8-9H,4-7,11H2. The SMILES string of the molecule is N#Cc1ccc(N2CCN(S(=O)(=O)Cc3ccon3)CC2)cc1C(F)(F)F. The lowest BCUT2D eigenvalue weighted by Crippen LogP contribution is -2.49. The number of rotatable bonds is 4. The van der Waals surface area contributed by atoms with E-state index in [2.05, 4.69) is 9.68 Å². The summed E-state index contributed by atoms with van der Waals surface area (Å²) in [5.74, 6) is -0.293. The van der Waals surface area contributed by atoms with E-state index < -0.39 is 27.3 Å². The number of sulfonamides is 1. The van der Waals surface area contributed by atoms with Gasteiger partial charge in [0.15, 0.2) is 0 Å². The van der Waals surface area contributed by atoms with E-state index in [9.17, 15) is 21.6 Å². The van der Waals surface area contributed by atoms with Crippen molar-refractivity contribution in [3.05, 3.63) is 47.3 Å². The predicted molar refractivity (Wildman–Crippen MR) is 89.1 cm³/mol. The van der Waals surface area contributed by atoms with Crippen molar-refractivity contribution < 1.29 is 26.1 Å². The number of nitrogens with zero attached hydrogens (tertiary/aromatic N) is 4. The molecule has 27 heavy (non-hydrogen) atoms. The number of alkyl halides is 3. The maximum Gasteiger partial charge on any atom is 0.417 e. The van der Waals surface area contributed by atoms with Crippen molar-refractivity contribution in [1.29, 1.82) is 5.26 Å². The van der Waals surface area contributed by atoms with E-state index in [-0.39, 0.29) is 31.9 Å². The van der Waals surface area contributed by atoms with Gasteiger partial charge in [-0.25, -0.2) is 8.42 Å². The Hall–Kier alpha value is -2.58. The van der Waals surface area contributed by atoms with Crippen molar-refractivity contribution in [2.24, 2.45) is 0 Å². The van der Waals surface area contributed by atoms with E-state index in [0.29, 0.717) is 11.4 Å². The fraction of sp³-hybridized carbons (Fsp3) is 0.375. The number of halogens is 3. The van der Waals surface area contributed by atoms with Gasteiger partial charge >= 0.3 is 6.18 Å². The first-order chi connectivity index (χ1) is 12.7. The highest BCUT2D eigenvalue weighted by Gasteiger charge is 2.35. The average Bonchev–Trinajstić information content (AvgIpc) is 3.13. The Morgan fingerprint density at radius 3 is 2.44 bits per heavy atom. The summed E-state index contributed by atoms with van der Waals surface area (Å²) < 4.78 is 70.1. The molecule has 0 atom stereocenters. The predicted octanol–water partition coefficient (Wildman–Crippen LogP) is 2.22. The highest BCUT2D eigenvalue weighted by molar-refractivity contribution is 7.88. The van der Waals surface area contributed by atoms with E-state index in [1.165, 1.54) is 22.7 Å². The van der Waals surface area contributed by atoms with Crippen LogP contribution in [-0.4, -0.2) is 44.1 Å². The second kappa shape index (κ2) is 7.21. The van der Waals surface area contributed by atoms with Crippen molar-refractivity contribution in [2.75, 3.05) is 31.1 Å².